The molecule has 0 bridgehead atoms. The molecule has 0 aliphatic carbocycles. The molecule has 0 saturated heterocycles. The molecule has 4 aromatic rings. The number of nitrogens with zero attached hydrogens (tertiary/aromatic N) is 1. The zero-order valence-electron chi connectivity index (χ0n) is 19.4. The zero-order valence-corrected chi connectivity index (χ0v) is 20.2. The molecule has 8 heteroatoms. The number of carbonyl (C=O) groups is 2. The van der Waals surface area contributed by atoms with Crippen LogP contribution in [0.2, 0.25) is 0 Å². The Morgan fingerprint density at radius 2 is 1.89 bits per heavy atom. The van der Waals surface area contributed by atoms with Gasteiger partial charge in [-0.2, -0.15) is 0 Å². The summed E-state index contributed by atoms with van der Waals surface area (Å²) in [5.41, 5.74) is 3.92. The number of aromatic nitrogens is 1. The number of hydrogen-bond donors (Lipinski definition) is 2. The van der Waals surface area contributed by atoms with Crippen LogP contribution in [0.4, 0.5) is 0 Å². The van der Waals surface area contributed by atoms with Crippen LogP contribution in [0.15, 0.2) is 60.0 Å². The van der Waals surface area contributed by atoms with Gasteiger partial charge in [0.2, 0.25) is 0 Å². The van der Waals surface area contributed by atoms with Crippen molar-refractivity contribution in [2.24, 2.45) is 0 Å². The number of carbonyl (C=O) groups excluding carboxylic acids is 1. The minimum absolute atomic E-state index is 0.103. The summed E-state index contributed by atoms with van der Waals surface area (Å²) in [6, 6.07) is 16.3. The maximum atomic E-state index is 12.7. The van der Waals surface area contributed by atoms with Gasteiger partial charge in [0.1, 0.15) is 0 Å². The molecule has 2 aromatic heterocycles. The average molecular weight is 492 g/mol. The highest BCUT2D eigenvalue weighted by Gasteiger charge is 2.17. The number of aliphatic hydroxyl groups excluding tert-OH is 1. The first kappa shape index (κ1) is 24.4. The summed E-state index contributed by atoms with van der Waals surface area (Å²) in [5, 5.41) is 22.7. The van der Waals surface area contributed by atoms with Crippen LogP contribution in [0, 0.1) is 6.92 Å². The summed E-state index contributed by atoms with van der Waals surface area (Å²) >= 11 is 1.67. The number of ether oxygens (including phenoxy) is 2. The van der Waals surface area contributed by atoms with Crippen LogP contribution in [0.25, 0.3) is 21.3 Å². The molecule has 1 atom stereocenters. The highest BCUT2D eigenvalue weighted by molar-refractivity contribution is 7.18. The molecular weight excluding hydrogens is 466 g/mol. The van der Waals surface area contributed by atoms with Crippen molar-refractivity contribution in [1.82, 2.24) is 4.98 Å². The zero-order chi connectivity index (χ0) is 24.9. The lowest BCUT2D eigenvalue weighted by Crippen LogP contribution is -2.10. The van der Waals surface area contributed by atoms with E-state index in [2.05, 4.69) is 29.4 Å². The number of benzene rings is 2. The number of aliphatic hydroxyl groups is 1. The second-order valence-corrected chi connectivity index (χ2v) is 8.95. The van der Waals surface area contributed by atoms with E-state index in [1.165, 1.54) is 29.5 Å². The van der Waals surface area contributed by atoms with Gasteiger partial charge in [-0.3, -0.25) is 9.78 Å². The van der Waals surface area contributed by atoms with E-state index in [9.17, 15) is 14.7 Å². The summed E-state index contributed by atoms with van der Waals surface area (Å²) in [6.45, 7) is 1.57. The number of methoxy groups -OCH3 is 1. The molecule has 4 rings (SSSR count). The Bertz CT molecular complexity index is 1380. The normalized spacial score (nSPS) is 11.9. The van der Waals surface area contributed by atoms with E-state index >= 15 is 0 Å². The summed E-state index contributed by atoms with van der Waals surface area (Å²) in [6.07, 6.45) is -0.588. The Morgan fingerprint density at radius 1 is 1.09 bits per heavy atom. The third-order valence-electron chi connectivity index (χ3n) is 5.67. The summed E-state index contributed by atoms with van der Waals surface area (Å²) in [7, 11) is 1.41. The number of Topliss-reactive ketones (excluding diaryl/α,β-unsaturated/α-hetero) is 1. The molecule has 0 aliphatic rings. The number of carboxylic acid groups (broad SMARTS) is 1. The third-order valence-corrected chi connectivity index (χ3v) is 6.80. The van der Waals surface area contributed by atoms with E-state index in [-0.39, 0.29) is 30.1 Å². The lowest BCUT2D eigenvalue weighted by Gasteiger charge is -2.13. The number of thiophene rings is 1. The monoisotopic (exact) mass is 491 g/mol. The van der Waals surface area contributed by atoms with E-state index in [0.29, 0.717) is 11.3 Å². The Morgan fingerprint density at radius 3 is 2.66 bits per heavy atom. The van der Waals surface area contributed by atoms with Crippen molar-refractivity contribution in [3.8, 4) is 22.8 Å². The van der Waals surface area contributed by atoms with Gasteiger partial charge in [0.25, 0.3) is 0 Å². The molecule has 0 fully saturated rings. The number of hydrogen-bond acceptors (Lipinski definition) is 7. The van der Waals surface area contributed by atoms with Crippen LogP contribution < -0.4 is 9.47 Å². The number of rotatable bonds is 10. The standard InChI is InChI=1S/C27H25NO6S/c1-16-5-3-6-18-19(15-35-27(16)18)20-7-4-8-21(28-20)23(30)11-10-22(29)17-9-12-24(25(13-17)33-2)34-14-26(31)32/h3-9,12-13,15,23,30H,10-11,14H2,1-2H3,(H,31,32). The van der Waals surface area contributed by atoms with Gasteiger partial charge in [-0.05, 0) is 49.2 Å². The third kappa shape index (κ3) is 5.50. The predicted octanol–water partition coefficient (Wildman–Crippen LogP) is 5.44. The second kappa shape index (κ2) is 10.7. The van der Waals surface area contributed by atoms with Crippen molar-refractivity contribution >= 4 is 33.2 Å². The first-order chi connectivity index (χ1) is 16.9. The molecule has 2 aromatic carbocycles. The van der Waals surface area contributed by atoms with Crippen LogP contribution in [0.3, 0.4) is 0 Å². The van der Waals surface area contributed by atoms with Crippen molar-refractivity contribution in [2.45, 2.75) is 25.9 Å². The molecule has 0 radical (unpaired) electrons. The molecule has 35 heavy (non-hydrogen) atoms. The average Bonchev–Trinajstić information content (AvgIpc) is 3.31. The molecule has 7 nitrogen and oxygen atoms in total. The van der Waals surface area contributed by atoms with Gasteiger partial charge in [0.15, 0.2) is 23.9 Å². The van der Waals surface area contributed by atoms with Gasteiger partial charge in [-0.1, -0.05) is 24.3 Å². The SMILES string of the molecule is COc1cc(C(=O)CCC(O)c2cccc(-c3csc4c(C)cccc34)n2)ccc1OCC(=O)O. The van der Waals surface area contributed by atoms with Crippen LogP contribution in [0.1, 0.15) is 40.6 Å². The van der Waals surface area contributed by atoms with Crippen molar-refractivity contribution in [3.05, 3.63) is 76.8 Å². The van der Waals surface area contributed by atoms with Gasteiger partial charge < -0.3 is 19.7 Å². The summed E-state index contributed by atoms with van der Waals surface area (Å²) in [5.74, 6) is -0.780. The van der Waals surface area contributed by atoms with E-state index < -0.39 is 18.7 Å². The fraction of sp³-hybridized carbons (Fsp3) is 0.222. The topological polar surface area (TPSA) is 106 Å². The Hall–Kier alpha value is -3.75. The van der Waals surface area contributed by atoms with Crippen LogP contribution >= 0.6 is 11.3 Å². The minimum Gasteiger partial charge on any atom is -0.493 e. The highest BCUT2D eigenvalue weighted by Crippen LogP contribution is 2.35. The molecule has 180 valence electrons. The highest BCUT2D eigenvalue weighted by atomic mass is 32.1. The quantitative estimate of drug-likeness (QED) is 0.285. The number of fused-ring (bicyclic) bond motifs is 1. The largest absolute Gasteiger partial charge is 0.493 e. The van der Waals surface area contributed by atoms with Gasteiger partial charge in [0, 0.05) is 33.0 Å². The maximum absolute atomic E-state index is 12.7. The second-order valence-electron chi connectivity index (χ2n) is 8.07. The summed E-state index contributed by atoms with van der Waals surface area (Å²) < 4.78 is 11.6. The van der Waals surface area contributed by atoms with E-state index in [0.717, 1.165) is 16.6 Å². The maximum Gasteiger partial charge on any atom is 0.341 e. The Kier molecular flexibility index (Phi) is 7.43. The van der Waals surface area contributed by atoms with E-state index in [1.807, 2.05) is 18.2 Å². The number of carboxylic acids is 1. The molecule has 1 unspecified atom stereocenters. The fourth-order valence-electron chi connectivity index (χ4n) is 3.85. The molecular formula is C27H25NO6S. The lowest BCUT2D eigenvalue weighted by atomic mass is 10.0. The first-order valence-corrected chi connectivity index (χ1v) is 11.9. The smallest absolute Gasteiger partial charge is 0.341 e. The van der Waals surface area contributed by atoms with Crippen molar-refractivity contribution in [2.75, 3.05) is 13.7 Å². The molecule has 2 N–H and O–H groups in total. The van der Waals surface area contributed by atoms with Gasteiger partial charge >= 0.3 is 5.97 Å². The van der Waals surface area contributed by atoms with Crippen LogP contribution in [0.5, 0.6) is 11.5 Å². The molecule has 0 spiro atoms. The van der Waals surface area contributed by atoms with Crippen molar-refractivity contribution in [3.63, 3.8) is 0 Å². The molecule has 0 amide bonds. The number of aryl methyl sites for hydroxylation is 1. The summed E-state index contributed by atoms with van der Waals surface area (Å²) in [4.78, 5) is 28.1. The Balaban J connectivity index is 1.45. The van der Waals surface area contributed by atoms with Gasteiger partial charge in [-0.25, -0.2) is 4.79 Å². The molecule has 0 saturated carbocycles. The molecule has 0 aliphatic heterocycles. The van der Waals surface area contributed by atoms with E-state index in [4.69, 9.17) is 14.6 Å². The van der Waals surface area contributed by atoms with E-state index in [1.54, 1.807) is 23.5 Å². The lowest BCUT2D eigenvalue weighted by molar-refractivity contribution is -0.139. The minimum atomic E-state index is -1.11. The predicted molar refractivity (Wildman–Crippen MR) is 134 cm³/mol. The van der Waals surface area contributed by atoms with Gasteiger partial charge in [-0.15, -0.1) is 11.3 Å². The first-order valence-electron chi connectivity index (χ1n) is 11.1. The number of aliphatic carboxylic acids is 1. The van der Waals surface area contributed by atoms with Crippen molar-refractivity contribution < 1.29 is 29.3 Å². The fourth-order valence-corrected chi connectivity index (χ4v) is 4.89. The van der Waals surface area contributed by atoms with Gasteiger partial charge in [0.05, 0.1) is 24.6 Å². The number of ketones is 1. The van der Waals surface area contributed by atoms with Crippen molar-refractivity contribution in [1.29, 1.82) is 0 Å². The Labute approximate surface area is 206 Å². The van der Waals surface area contributed by atoms with Crippen LogP contribution in [-0.2, 0) is 4.79 Å². The van der Waals surface area contributed by atoms with Crippen LogP contribution in [-0.4, -0.2) is 40.7 Å². The molecule has 2 heterocycles. The number of pyridine rings is 1.